The lowest BCUT2D eigenvalue weighted by Gasteiger charge is -2.10. The molecule has 1 N–H and O–H groups in total. The molecule has 0 radical (unpaired) electrons. The number of ether oxygens (including phenoxy) is 3. The van der Waals surface area contributed by atoms with Crippen molar-refractivity contribution >= 4 is 23.6 Å². The molecule has 0 aliphatic carbocycles. The highest BCUT2D eigenvalue weighted by Gasteiger charge is 2.11. The van der Waals surface area contributed by atoms with Gasteiger partial charge in [0.2, 0.25) is 5.91 Å². The summed E-state index contributed by atoms with van der Waals surface area (Å²) in [6.45, 7) is -1.21. The van der Waals surface area contributed by atoms with Crippen molar-refractivity contribution in [3.05, 3.63) is 59.2 Å². The first-order valence-electron chi connectivity index (χ1n) is 8.15. The van der Waals surface area contributed by atoms with Crippen LogP contribution in [0, 0.1) is 6.92 Å². The maximum Gasteiger partial charge on any atom is 0.387 e. The van der Waals surface area contributed by atoms with Crippen LogP contribution in [0.2, 0.25) is 0 Å². The molecule has 1 amide bonds. The number of alkyl halides is 2. The number of amides is 1. The summed E-state index contributed by atoms with van der Waals surface area (Å²) in [5.41, 5.74) is 2.18. The lowest BCUT2D eigenvalue weighted by Crippen LogP contribution is -2.10. The van der Waals surface area contributed by atoms with Crippen molar-refractivity contribution in [3.8, 4) is 11.5 Å². The maximum absolute atomic E-state index is 12.3. The number of esters is 1. The number of rotatable bonds is 7. The van der Waals surface area contributed by atoms with Crippen LogP contribution in [0.5, 0.6) is 11.5 Å². The Morgan fingerprint density at radius 2 is 1.82 bits per heavy atom. The van der Waals surface area contributed by atoms with E-state index in [0.29, 0.717) is 22.4 Å². The molecule has 28 heavy (non-hydrogen) atoms. The molecule has 0 spiro atoms. The monoisotopic (exact) mass is 391 g/mol. The third-order valence-electron chi connectivity index (χ3n) is 3.74. The van der Waals surface area contributed by atoms with Crippen molar-refractivity contribution in [2.45, 2.75) is 13.5 Å². The zero-order valence-electron chi connectivity index (χ0n) is 15.5. The van der Waals surface area contributed by atoms with E-state index in [9.17, 15) is 18.4 Å². The highest BCUT2D eigenvalue weighted by atomic mass is 19.3. The van der Waals surface area contributed by atoms with Crippen LogP contribution in [0.3, 0.4) is 0 Å². The summed E-state index contributed by atoms with van der Waals surface area (Å²) in [5.74, 6) is -0.840. The lowest BCUT2D eigenvalue weighted by molar-refractivity contribution is -0.111. The summed E-state index contributed by atoms with van der Waals surface area (Å²) >= 11 is 0. The molecular formula is C20H19F2NO5. The number of hydrogen-bond donors (Lipinski definition) is 1. The van der Waals surface area contributed by atoms with Crippen LogP contribution in [-0.4, -0.2) is 32.7 Å². The van der Waals surface area contributed by atoms with E-state index in [-0.39, 0.29) is 11.5 Å². The van der Waals surface area contributed by atoms with E-state index in [2.05, 4.69) is 14.8 Å². The van der Waals surface area contributed by atoms with Gasteiger partial charge in [-0.2, -0.15) is 8.78 Å². The van der Waals surface area contributed by atoms with Gasteiger partial charge in [-0.05, 0) is 54.5 Å². The predicted molar refractivity (Wildman–Crippen MR) is 99.8 cm³/mol. The number of hydrogen-bond acceptors (Lipinski definition) is 5. The van der Waals surface area contributed by atoms with Gasteiger partial charge in [0, 0.05) is 11.8 Å². The molecule has 0 heterocycles. The molecule has 8 heteroatoms. The first-order chi connectivity index (χ1) is 13.3. The largest absolute Gasteiger partial charge is 0.493 e. The summed E-state index contributed by atoms with van der Waals surface area (Å²) in [6.07, 6.45) is 2.79. The molecule has 0 saturated heterocycles. The highest BCUT2D eigenvalue weighted by molar-refractivity contribution is 6.02. The van der Waals surface area contributed by atoms with E-state index >= 15 is 0 Å². The smallest absolute Gasteiger partial charge is 0.387 e. The van der Waals surface area contributed by atoms with E-state index < -0.39 is 18.5 Å². The predicted octanol–water partition coefficient (Wildman–Crippen LogP) is 4.04. The van der Waals surface area contributed by atoms with E-state index in [4.69, 9.17) is 4.74 Å². The Morgan fingerprint density at radius 1 is 1.07 bits per heavy atom. The molecule has 0 atom stereocenters. The van der Waals surface area contributed by atoms with E-state index in [1.54, 1.807) is 25.1 Å². The Bertz CT molecular complexity index is 896. The van der Waals surface area contributed by atoms with Gasteiger partial charge in [-0.3, -0.25) is 4.79 Å². The molecule has 0 fully saturated rings. The second kappa shape index (κ2) is 9.50. The normalized spacial score (nSPS) is 10.8. The molecule has 0 aliphatic heterocycles. The molecule has 148 valence electrons. The van der Waals surface area contributed by atoms with Crippen LogP contribution in [0.25, 0.3) is 6.08 Å². The Morgan fingerprint density at radius 3 is 2.43 bits per heavy atom. The third-order valence-corrected chi connectivity index (χ3v) is 3.74. The van der Waals surface area contributed by atoms with Gasteiger partial charge in [-0.1, -0.05) is 6.07 Å². The maximum atomic E-state index is 12.3. The number of methoxy groups -OCH3 is 2. The second-order valence-electron chi connectivity index (χ2n) is 5.63. The first kappa shape index (κ1) is 20.9. The van der Waals surface area contributed by atoms with Gasteiger partial charge in [0.1, 0.15) is 0 Å². The summed E-state index contributed by atoms with van der Waals surface area (Å²) < 4.78 is 38.7. The van der Waals surface area contributed by atoms with Crippen LogP contribution in [0.1, 0.15) is 21.5 Å². The Hall–Kier alpha value is -3.42. The minimum atomic E-state index is -2.96. The fraction of sp³-hybridized carbons (Fsp3) is 0.200. The number of aryl methyl sites for hydroxylation is 1. The number of halogens is 2. The zero-order valence-corrected chi connectivity index (χ0v) is 15.5. The minimum absolute atomic E-state index is 0.0968. The molecule has 2 aromatic carbocycles. The molecule has 0 unspecified atom stereocenters. The van der Waals surface area contributed by atoms with Gasteiger partial charge in [0.15, 0.2) is 11.5 Å². The second-order valence-corrected chi connectivity index (χ2v) is 5.63. The summed E-state index contributed by atoms with van der Waals surface area (Å²) in [5, 5.41) is 2.70. The lowest BCUT2D eigenvalue weighted by atomic mass is 10.1. The third kappa shape index (κ3) is 5.54. The first-order valence-corrected chi connectivity index (χ1v) is 8.15. The van der Waals surface area contributed by atoms with Crippen molar-refractivity contribution in [3.63, 3.8) is 0 Å². The average Bonchev–Trinajstić information content (AvgIpc) is 2.67. The number of carbonyl (C=O) groups excluding carboxylic acids is 2. The molecule has 0 aliphatic rings. The van der Waals surface area contributed by atoms with Crippen molar-refractivity contribution < 1.29 is 32.6 Å². The summed E-state index contributed by atoms with van der Waals surface area (Å²) in [6, 6.07) is 9.08. The zero-order chi connectivity index (χ0) is 20.7. The van der Waals surface area contributed by atoms with Crippen LogP contribution >= 0.6 is 0 Å². The summed E-state index contributed by atoms with van der Waals surface area (Å²) in [4.78, 5) is 23.6. The quantitative estimate of drug-likeness (QED) is 0.570. The van der Waals surface area contributed by atoms with Crippen molar-refractivity contribution in [1.29, 1.82) is 0 Å². The van der Waals surface area contributed by atoms with Gasteiger partial charge in [-0.25, -0.2) is 4.79 Å². The standard InChI is InChI=1S/C20H19F2NO5/c1-12-10-14(19(25)27-3)6-7-15(12)23-18(24)9-5-13-4-8-16(28-20(21)22)17(11-13)26-2/h4-11,20H,1-3H3,(H,23,24)/b9-5+. The van der Waals surface area contributed by atoms with Crippen molar-refractivity contribution in [2.75, 3.05) is 19.5 Å². The SMILES string of the molecule is COC(=O)c1ccc(NC(=O)/C=C/c2ccc(OC(F)F)c(OC)c2)c(C)c1. The number of nitrogens with one attached hydrogen (secondary N) is 1. The van der Waals surface area contributed by atoms with E-state index in [0.717, 1.165) is 0 Å². The van der Waals surface area contributed by atoms with Crippen molar-refractivity contribution in [1.82, 2.24) is 0 Å². The van der Waals surface area contributed by atoms with Gasteiger partial charge in [-0.15, -0.1) is 0 Å². The fourth-order valence-electron chi connectivity index (χ4n) is 2.38. The van der Waals surface area contributed by atoms with Gasteiger partial charge < -0.3 is 19.5 Å². The van der Waals surface area contributed by atoms with E-state index in [1.807, 2.05) is 0 Å². The molecule has 0 saturated carbocycles. The Kier molecular flexibility index (Phi) is 7.08. The molecule has 0 aromatic heterocycles. The van der Waals surface area contributed by atoms with Gasteiger partial charge in [0.25, 0.3) is 0 Å². The number of benzene rings is 2. The number of anilines is 1. The average molecular weight is 391 g/mol. The van der Waals surface area contributed by atoms with Gasteiger partial charge in [0.05, 0.1) is 19.8 Å². The van der Waals surface area contributed by atoms with Gasteiger partial charge >= 0.3 is 12.6 Å². The summed E-state index contributed by atoms with van der Waals surface area (Å²) in [7, 11) is 2.62. The van der Waals surface area contributed by atoms with Crippen LogP contribution in [0.15, 0.2) is 42.5 Å². The van der Waals surface area contributed by atoms with Crippen molar-refractivity contribution in [2.24, 2.45) is 0 Å². The molecule has 0 bridgehead atoms. The van der Waals surface area contributed by atoms with Crippen LogP contribution < -0.4 is 14.8 Å². The van der Waals surface area contributed by atoms with Crippen LogP contribution in [0.4, 0.5) is 14.5 Å². The minimum Gasteiger partial charge on any atom is -0.493 e. The van der Waals surface area contributed by atoms with Crippen LogP contribution in [-0.2, 0) is 9.53 Å². The number of carbonyl (C=O) groups is 2. The molecule has 2 rings (SSSR count). The Labute approximate surface area is 160 Å². The molecular weight excluding hydrogens is 372 g/mol. The molecule has 6 nitrogen and oxygen atoms in total. The Balaban J connectivity index is 2.08. The van der Waals surface area contributed by atoms with E-state index in [1.165, 1.54) is 44.6 Å². The molecule has 2 aromatic rings. The highest BCUT2D eigenvalue weighted by Crippen LogP contribution is 2.29. The topological polar surface area (TPSA) is 73.9 Å². The fourth-order valence-corrected chi connectivity index (χ4v) is 2.38.